The molecule has 0 unspecified atom stereocenters. The summed E-state index contributed by atoms with van der Waals surface area (Å²) in [6.07, 6.45) is 5.45. The first kappa shape index (κ1) is 20.4. The largest absolute Gasteiger partial charge is 0.494 e. The number of fused-ring (bicyclic) bond motifs is 1. The number of nitrogens with one attached hydrogen (secondary N) is 1. The van der Waals surface area contributed by atoms with Crippen molar-refractivity contribution in [1.29, 1.82) is 0 Å². The van der Waals surface area contributed by atoms with Crippen LogP contribution in [0.3, 0.4) is 0 Å². The van der Waals surface area contributed by atoms with Gasteiger partial charge in [-0.05, 0) is 61.5 Å². The van der Waals surface area contributed by atoms with Crippen LogP contribution in [0.5, 0.6) is 5.75 Å². The summed E-state index contributed by atoms with van der Waals surface area (Å²) in [7, 11) is 0. The second kappa shape index (κ2) is 8.92. The predicted octanol–water partition coefficient (Wildman–Crippen LogP) is 5.16. The zero-order chi connectivity index (χ0) is 22.6. The number of ketones is 1. The standard InChI is InChI=1S/C26H21N5O2/c1-2-33-21-7-5-6-19(16-21)25(32)18-9-11-20(12-10-18)29-26-27-14-13-22(30-26)23-17-28-24-8-3-4-15-31(23)24/h3-17H,2H2,1H3,(H,27,29,30). The average molecular weight is 435 g/mol. The first-order valence-electron chi connectivity index (χ1n) is 10.6. The highest BCUT2D eigenvalue weighted by atomic mass is 16.5. The van der Waals surface area contributed by atoms with Crippen LogP contribution in [-0.4, -0.2) is 31.7 Å². The van der Waals surface area contributed by atoms with Crippen molar-refractivity contribution in [3.63, 3.8) is 0 Å². The smallest absolute Gasteiger partial charge is 0.227 e. The van der Waals surface area contributed by atoms with Crippen LogP contribution < -0.4 is 10.1 Å². The first-order valence-corrected chi connectivity index (χ1v) is 10.6. The molecule has 0 bridgehead atoms. The van der Waals surface area contributed by atoms with E-state index in [-0.39, 0.29) is 5.78 Å². The Morgan fingerprint density at radius 1 is 0.970 bits per heavy atom. The summed E-state index contributed by atoms with van der Waals surface area (Å²) < 4.78 is 7.48. The number of pyridine rings is 1. The van der Waals surface area contributed by atoms with E-state index in [1.165, 1.54) is 0 Å². The lowest BCUT2D eigenvalue weighted by Crippen LogP contribution is -2.03. The zero-order valence-electron chi connectivity index (χ0n) is 18.0. The number of hydrogen-bond donors (Lipinski definition) is 1. The van der Waals surface area contributed by atoms with E-state index in [0.29, 0.717) is 29.4 Å². The Hall–Kier alpha value is -4.52. The van der Waals surface area contributed by atoms with Crippen molar-refractivity contribution >= 4 is 23.1 Å². The SMILES string of the molecule is CCOc1cccc(C(=O)c2ccc(Nc3nccc(-c4cnc5ccccn45)n3)cc2)c1. The van der Waals surface area contributed by atoms with Gasteiger partial charge in [0.1, 0.15) is 11.4 Å². The van der Waals surface area contributed by atoms with Crippen molar-refractivity contribution in [3.05, 3.63) is 103 Å². The molecule has 0 atom stereocenters. The van der Waals surface area contributed by atoms with Crippen LogP contribution in [0.25, 0.3) is 17.0 Å². The summed E-state index contributed by atoms with van der Waals surface area (Å²) in [5, 5.41) is 3.20. The predicted molar refractivity (Wildman–Crippen MR) is 127 cm³/mol. The van der Waals surface area contributed by atoms with Crippen LogP contribution in [0.4, 0.5) is 11.6 Å². The topological polar surface area (TPSA) is 81.4 Å². The molecule has 0 radical (unpaired) electrons. The first-order chi connectivity index (χ1) is 16.2. The van der Waals surface area contributed by atoms with Crippen molar-refractivity contribution in [2.24, 2.45) is 0 Å². The summed E-state index contributed by atoms with van der Waals surface area (Å²) in [6, 6.07) is 22.1. The van der Waals surface area contributed by atoms with E-state index in [9.17, 15) is 4.79 Å². The third-order valence-electron chi connectivity index (χ3n) is 5.15. The molecule has 0 amide bonds. The van der Waals surface area contributed by atoms with Gasteiger partial charge in [-0.3, -0.25) is 9.20 Å². The number of anilines is 2. The highest BCUT2D eigenvalue weighted by molar-refractivity contribution is 6.09. The Kier molecular flexibility index (Phi) is 5.51. The number of benzene rings is 2. The molecular weight excluding hydrogens is 414 g/mol. The van der Waals surface area contributed by atoms with Gasteiger partial charge in [-0.25, -0.2) is 15.0 Å². The lowest BCUT2D eigenvalue weighted by Gasteiger charge is -2.08. The van der Waals surface area contributed by atoms with Gasteiger partial charge in [0.05, 0.1) is 24.2 Å². The number of imidazole rings is 1. The van der Waals surface area contributed by atoms with Gasteiger partial charge < -0.3 is 10.1 Å². The van der Waals surface area contributed by atoms with Crippen LogP contribution in [-0.2, 0) is 0 Å². The second-order valence-corrected chi connectivity index (χ2v) is 7.33. The molecule has 0 fully saturated rings. The molecule has 33 heavy (non-hydrogen) atoms. The number of ether oxygens (including phenoxy) is 1. The van der Waals surface area contributed by atoms with Crippen molar-refractivity contribution in [3.8, 4) is 17.1 Å². The Bertz CT molecular complexity index is 1430. The maximum absolute atomic E-state index is 12.8. The minimum absolute atomic E-state index is 0.0611. The minimum atomic E-state index is -0.0611. The zero-order valence-corrected chi connectivity index (χ0v) is 18.0. The molecule has 0 saturated carbocycles. The number of nitrogens with zero attached hydrogens (tertiary/aromatic N) is 4. The Balaban J connectivity index is 1.34. The monoisotopic (exact) mass is 435 g/mol. The van der Waals surface area contributed by atoms with Gasteiger partial charge in [-0.1, -0.05) is 18.2 Å². The lowest BCUT2D eigenvalue weighted by atomic mass is 10.0. The molecule has 162 valence electrons. The number of carbonyl (C=O) groups is 1. The van der Waals surface area contributed by atoms with E-state index in [4.69, 9.17) is 4.74 Å². The van der Waals surface area contributed by atoms with E-state index in [1.807, 2.05) is 66.1 Å². The van der Waals surface area contributed by atoms with Crippen molar-refractivity contribution in [2.75, 3.05) is 11.9 Å². The van der Waals surface area contributed by atoms with Crippen molar-refractivity contribution < 1.29 is 9.53 Å². The van der Waals surface area contributed by atoms with E-state index < -0.39 is 0 Å². The Morgan fingerprint density at radius 3 is 2.70 bits per heavy atom. The molecule has 2 aromatic carbocycles. The number of carbonyl (C=O) groups excluding carboxylic acids is 1. The fraction of sp³-hybridized carbons (Fsp3) is 0.0769. The minimum Gasteiger partial charge on any atom is -0.494 e. The van der Waals surface area contributed by atoms with Gasteiger partial charge >= 0.3 is 0 Å². The fourth-order valence-electron chi connectivity index (χ4n) is 3.58. The normalized spacial score (nSPS) is 10.8. The number of hydrogen-bond acceptors (Lipinski definition) is 6. The molecule has 1 N–H and O–H groups in total. The number of rotatable bonds is 7. The lowest BCUT2D eigenvalue weighted by molar-refractivity contribution is 0.103. The molecule has 3 heterocycles. The van der Waals surface area contributed by atoms with E-state index in [0.717, 1.165) is 22.7 Å². The van der Waals surface area contributed by atoms with Gasteiger partial charge in [0.2, 0.25) is 5.95 Å². The third-order valence-corrected chi connectivity index (χ3v) is 5.15. The quantitative estimate of drug-likeness (QED) is 0.356. The molecular formula is C26H21N5O2. The molecule has 0 aliphatic rings. The maximum atomic E-state index is 12.8. The highest BCUT2D eigenvalue weighted by Gasteiger charge is 2.11. The van der Waals surface area contributed by atoms with Gasteiger partial charge in [0, 0.05) is 29.2 Å². The molecule has 3 aromatic heterocycles. The van der Waals surface area contributed by atoms with Crippen LogP contribution in [0, 0.1) is 0 Å². The highest BCUT2D eigenvalue weighted by Crippen LogP contribution is 2.22. The Morgan fingerprint density at radius 2 is 1.85 bits per heavy atom. The molecule has 0 saturated heterocycles. The summed E-state index contributed by atoms with van der Waals surface area (Å²) in [4.78, 5) is 26.2. The molecule has 5 rings (SSSR count). The molecule has 0 spiro atoms. The molecule has 7 nitrogen and oxygen atoms in total. The van der Waals surface area contributed by atoms with Gasteiger partial charge in [-0.2, -0.15) is 0 Å². The van der Waals surface area contributed by atoms with E-state index in [1.54, 1.807) is 36.7 Å². The maximum Gasteiger partial charge on any atom is 0.227 e. The summed E-state index contributed by atoms with van der Waals surface area (Å²) >= 11 is 0. The summed E-state index contributed by atoms with van der Waals surface area (Å²) in [6.45, 7) is 2.47. The third kappa shape index (κ3) is 4.29. The molecule has 7 heteroatoms. The summed E-state index contributed by atoms with van der Waals surface area (Å²) in [5.41, 5.74) is 4.45. The number of aromatic nitrogens is 4. The van der Waals surface area contributed by atoms with E-state index >= 15 is 0 Å². The second-order valence-electron chi connectivity index (χ2n) is 7.33. The van der Waals surface area contributed by atoms with Gasteiger partial charge in [0.25, 0.3) is 0 Å². The van der Waals surface area contributed by atoms with Gasteiger partial charge in [-0.15, -0.1) is 0 Å². The van der Waals surface area contributed by atoms with E-state index in [2.05, 4.69) is 20.3 Å². The van der Waals surface area contributed by atoms with Crippen LogP contribution >= 0.6 is 0 Å². The van der Waals surface area contributed by atoms with Crippen LogP contribution in [0.15, 0.2) is 91.4 Å². The fourth-order valence-corrected chi connectivity index (χ4v) is 3.58. The van der Waals surface area contributed by atoms with Crippen LogP contribution in [0.1, 0.15) is 22.8 Å². The average Bonchev–Trinajstić information content (AvgIpc) is 3.29. The molecule has 5 aromatic rings. The van der Waals surface area contributed by atoms with Crippen molar-refractivity contribution in [1.82, 2.24) is 19.4 Å². The van der Waals surface area contributed by atoms with Crippen LogP contribution in [0.2, 0.25) is 0 Å². The Labute approximate surface area is 190 Å². The summed E-state index contributed by atoms with van der Waals surface area (Å²) in [5.74, 6) is 1.08. The molecule has 0 aliphatic carbocycles. The molecule has 0 aliphatic heterocycles. The van der Waals surface area contributed by atoms with Crippen molar-refractivity contribution in [2.45, 2.75) is 6.92 Å². The van der Waals surface area contributed by atoms with Gasteiger partial charge in [0.15, 0.2) is 5.78 Å².